The molecule has 0 saturated carbocycles. The average Bonchev–Trinajstić information content (AvgIpc) is 2.69. The average molecular weight is 370 g/mol. The highest BCUT2D eigenvalue weighted by atomic mass is 16.5. The van der Waals surface area contributed by atoms with Crippen LogP contribution in [0.15, 0.2) is 30.5 Å². The van der Waals surface area contributed by atoms with Gasteiger partial charge < -0.3 is 25.2 Å². The van der Waals surface area contributed by atoms with E-state index in [4.69, 9.17) is 4.74 Å². The fraction of sp³-hybridized carbons (Fsp3) is 0.421. The van der Waals surface area contributed by atoms with Crippen LogP contribution in [0.4, 0.5) is 27.9 Å². The standard InChI is InChI=1S/C19H26N6O2/c1-4-14-6-5-7-15(12-14)21-19(26)22-16-13-20-18(23-17(16)24(2)3)25-8-10-27-11-9-25/h5-7,12-13H,4,8-11H2,1-3H3,(H2,21,22,26). The number of ether oxygens (including phenoxy) is 1. The number of hydrogen-bond acceptors (Lipinski definition) is 6. The highest BCUT2D eigenvalue weighted by Gasteiger charge is 2.18. The molecule has 3 rings (SSSR count). The SMILES string of the molecule is CCc1cccc(NC(=O)Nc2cnc(N3CCOCC3)nc2N(C)C)c1. The molecule has 0 unspecified atom stereocenters. The molecule has 8 nitrogen and oxygen atoms in total. The first-order valence-electron chi connectivity index (χ1n) is 9.11. The van der Waals surface area contributed by atoms with E-state index in [2.05, 4.69) is 32.4 Å². The summed E-state index contributed by atoms with van der Waals surface area (Å²) in [5.41, 5.74) is 2.48. The Labute approximate surface area is 159 Å². The molecule has 1 aromatic carbocycles. The number of hydrogen-bond donors (Lipinski definition) is 2. The second-order valence-electron chi connectivity index (χ2n) is 6.53. The van der Waals surface area contributed by atoms with Gasteiger partial charge in [-0.25, -0.2) is 9.78 Å². The van der Waals surface area contributed by atoms with E-state index in [0.717, 1.165) is 25.2 Å². The normalized spacial score (nSPS) is 14.0. The summed E-state index contributed by atoms with van der Waals surface area (Å²) in [5.74, 6) is 1.30. The molecule has 1 saturated heterocycles. The van der Waals surface area contributed by atoms with E-state index in [1.807, 2.05) is 43.3 Å². The molecule has 27 heavy (non-hydrogen) atoms. The van der Waals surface area contributed by atoms with Crippen LogP contribution in [0.1, 0.15) is 12.5 Å². The second kappa shape index (κ2) is 8.68. The molecule has 2 amide bonds. The van der Waals surface area contributed by atoms with Gasteiger partial charge in [-0.3, -0.25) is 0 Å². The van der Waals surface area contributed by atoms with E-state index in [1.54, 1.807) is 6.20 Å². The zero-order valence-electron chi connectivity index (χ0n) is 16.0. The third-order valence-electron chi connectivity index (χ3n) is 4.31. The highest BCUT2D eigenvalue weighted by Crippen LogP contribution is 2.24. The molecule has 2 N–H and O–H groups in total. The molecule has 2 heterocycles. The van der Waals surface area contributed by atoms with E-state index in [1.165, 1.54) is 5.56 Å². The van der Waals surface area contributed by atoms with Gasteiger partial charge in [0, 0.05) is 32.9 Å². The van der Waals surface area contributed by atoms with E-state index in [0.29, 0.717) is 30.7 Å². The Morgan fingerprint density at radius 1 is 1.26 bits per heavy atom. The predicted molar refractivity (Wildman–Crippen MR) is 108 cm³/mol. The summed E-state index contributed by atoms with van der Waals surface area (Å²) in [4.78, 5) is 25.4. The number of anilines is 4. The number of nitrogens with zero attached hydrogens (tertiary/aromatic N) is 4. The number of carbonyl (C=O) groups is 1. The van der Waals surface area contributed by atoms with Crippen molar-refractivity contribution in [3.63, 3.8) is 0 Å². The van der Waals surface area contributed by atoms with Gasteiger partial charge in [0.25, 0.3) is 0 Å². The van der Waals surface area contributed by atoms with Gasteiger partial charge in [0.2, 0.25) is 5.95 Å². The number of urea groups is 1. The van der Waals surface area contributed by atoms with E-state index in [-0.39, 0.29) is 6.03 Å². The Balaban J connectivity index is 1.73. The zero-order valence-corrected chi connectivity index (χ0v) is 16.0. The number of carbonyl (C=O) groups excluding carboxylic acids is 1. The summed E-state index contributed by atoms with van der Waals surface area (Å²) < 4.78 is 5.38. The lowest BCUT2D eigenvalue weighted by atomic mass is 10.1. The van der Waals surface area contributed by atoms with Crippen molar-refractivity contribution in [3.8, 4) is 0 Å². The second-order valence-corrected chi connectivity index (χ2v) is 6.53. The molecule has 1 aliphatic rings. The Morgan fingerprint density at radius 2 is 2.04 bits per heavy atom. The van der Waals surface area contributed by atoms with Crippen LogP contribution in [0.2, 0.25) is 0 Å². The molecule has 8 heteroatoms. The number of amides is 2. The number of morpholine rings is 1. The van der Waals surface area contributed by atoms with Crippen molar-refractivity contribution >= 4 is 29.2 Å². The zero-order chi connectivity index (χ0) is 19.2. The maximum atomic E-state index is 12.4. The molecule has 1 aliphatic heterocycles. The summed E-state index contributed by atoms with van der Waals surface area (Å²) in [6.07, 6.45) is 2.56. The lowest BCUT2D eigenvalue weighted by Crippen LogP contribution is -2.37. The number of aryl methyl sites for hydroxylation is 1. The first-order valence-corrected chi connectivity index (χ1v) is 9.11. The quantitative estimate of drug-likeness (QED) is 0.842. The van der Waals surface area contributed by atoms with Gasteiger partial charge >= 0.3 is 6.03 Å². The van der Waals surface area contributed by atoms with Crippen molar-refractivity contribution in [2.45, 2.75) is 13.3 Å². The smallest absolute Gasteiger partial charge is 0.323 e. The van der Waals surface area contributed by atoms with E-state index in [9.17, 15) is 4.79 Å². The molecule has 0 spiro atoms. The van der Waals surface area contributed by atoms with Gasteiger partial charge in [-0.15, -0.1) is 0 Å². The van der Waals surface area contributed by atoms with Crippen molar-refractivity contribution in [1.82, 2.24) is 9.97 Å². The van der Waals surface area contributed by atoms with Crippen molar-refractivity contribution in [1.29, 1.82) is 0 Å². The van der Waals surface area contributed by atoms with Crippen LogP contribution in [-0.4, -0.2) is 56.4 Å². The monoisotopic (exact) mass is 370 g/mol. The van der Waals surface area contributed by atoms with Gasteiger partial charge in [0.05, 0.1) is 19.4 Å². The van der Waals surface area contributed by atoms with Crippen molar-refractivity contribution < 1.29 is 9.53 Å². The first kappa shape index (κ1) is 18.9. The van der Waals surface area contributed by atoms with Gasteiger partial charge in [0.1, 0.15) is 5.69 Å². The molecular weight excluding hydrogens is 344 g/mol. The van der Waals surface area contributed by atoms with Crippen LogP contribution in [0, 0.1) is 0 Å². The largest absolute Gasteiger partial charge is 0.378 e. The van der Waals surface area contributed by atoms with Gasteiger partial charge in [-0.1, -0.05) is 19.1 Å². The molecule has 0 aliphatic carbocycles. The van der Waals surface area contributed by atoms with Gasteiger partial charge in [-0.2, -0.15) is 4.98 Å². The number of benzene rings is 1. The summed E-state index contributed by atoms with van der Waals surface area (Å²) in [7, 11) is 3.78. The molecule has 0 atom stereocenters. The molecular formula is C19H26N6O2. The lowest BCUT2D eigenvalue weighted by molar-refractivity contribution is 0.122. The lowest BCUT2D eigenvalue weighted by Gasteiger charge is -2.28. The molecule has 1 fully saturated rings. The first-order chi connectivity index (χ1) is 13.1. The Morgan fingerprint density at radius 3 is 2.74 bits per heavy atom. The van der Waals surface area contributed by atoms with Crippen LogP contribution in [0.25, 0.3) is 0 Å². The van der Waals surface area contributed by atoms with E-state index >= 15 is 0 Å². The van der Waals surface area contributed by atoms with Crippen LogP contribution < -0.4 is 20.4 Å². The summed E-state index contributed by atoms with van der Waals surface area (Å²) in [6, 6.07) is 7.47. The topological polar surface area (TPSA) is 82.6 Å². The fourth-order valence-corrected chi connectivity index (χ4v) is 2.86. The van der Waals surface area contributed by atoms with Crippen LogP contribution in [-0.2, 0) is 11.2 Å². The maximum Gasteiger partial charge on any atom is 0.323 e. The molecule has 0 bridgehead atoms. The predicted octanol–water partition coefficient (Wildman–Crippen LogP) is 2.59. The number of nitrogens with one attached hydrogen (secondary N) is 2. The van der Waals surface area contributed by atoms with Gasteiger partial charge in [-0.05, 0) is 24.1 Å². The van der Waals surface area contributed by atoms with Crippen LogP contribution in [0.5, 0.6) is 0 Å². The number of rotatable bonds is 5. The van der Waals surface area contributed by atoms with Crippen molar-refractivity contribution in [3.05, 3.63) is 36.0 Å². The maximum absolute atomic E-state index is 12.4. The van der Waals surface area contributed by atoms with Crippen LogP contribution >= 0.6 is 0 Å². The molecule has 144 valence electrons. The Bertz CT molecular complexity index is 790. The minimum atomic E-state index is -0.325. The summed E-state index contributed by atoms with van der Waals surface area (Å²) >= 11 is 0. The van der Waals surface area contributed by atoms with Crippen molar-refractivity contribution in [2.24, 2.45) is 0 Å². The number of aromatic nitrogens is 2. The van der Waals surface area contributed by atoms with Crippen LogP contribution in [0.3, 0.4) is 0 Å². The minimum absolute atomic E-state index is 0.325. The van der Waals surface area contributed by atoms with Gasteiger partial charge in [0.15, 0.2) is 5.82 Å². The minimum Gasteiger partial charge on any atom is -0.378 e. The Kier molecular flexibility index (Phi) is 6.08. The van der Waals surface area contributed by atoms with E-state index < -0.39 is 0 Å². The summed E-state index contributed by atoms with van der Waals surface area (Å²) in [6.45, 7) is 4.93. The molecule has 0 radical (unpaired) electrons. The third kappa shape index (κ3) is 4.85. The highest BCUT2D eigenvalue weighted by molar-refractivity contribution is 6.01. The fourth-order valence-electron chi connectivity index (χ4n) is 2.86. The Hall–Kier alpha value is -2.87. The molecule has 1 aromatic heterocycles. The summed E-state index contributed by atoms with van der Waals surface area (Å²) in [5, 5.41) is 5.71. The third-order valence-corrected chi connectivity index (χ3v) is 4.31. The van der Waals surface area contributed by atoms with Crippen molar-refractivity contribution in [2.75, 3.05) is 60.8 Å². The molecule has 2 aromatic rings.